The summed E-state index contributed by atoms with van der Waals surface area (Å²) in [6, 6.07) is 5.75. The van der Waals surface area contributed by atoms with Crippen LogP contribution in [0.15, 0.2) is 30.6 Å². The van der Waals surface area contributed by atoms with Gasteiger partial charge in [-0.15, -0.1) is 11.3 Å². The summed E-state index contributed by atoms with van der Waals surface area (Å²) in [5.41, 5.74) is 0. The topological polar surface area (TPSA) is 37.8 Å². The quantitative estimate of drug-likeness (QED) is 0.911. The lowest BCUT2D eigenvalue weighted by Gasteiger charge is -2.14. The van der Waals surface area contributed by atoms with E-state index in [4.69, 9.17) is 11.6 Å². The summed E-state index contributed by atoms with van der Waals surface area (Å²) in [5, 5.41) is 3.36. The number of nitrogens with zero attached hydrogens (tertiary/aromatic N) is 2. The third-order valence-electron chi connectivity index (χ3n) is 2.13. The van der Waals surface area contributed by atoms with Gasteiger partial charge >= 0.3 is 0 Å². The Bertz CT molecular complexity index is 444. The molecule has 5 heteroatoms. The van der Waals surface area contributed by atoms with Crippen molar-refractivity contribution in [2.45, 2.75) is 13.0 Å². The SMILES string of the molecule is CCNC(c1ncccn1)c1ccc(Cl)s1. The molecule has 2 heterocycles. The van der Waals surface area contributed by atoms with Crippen LogP contribution in [-0.4, -0.2) is 16.5 Å². The highest BCUT2D eigenvalue weighted by molar-refractivity contribution is 7.16. The molecule has 2 aromatic heterocycles. The predicted molar refractivity (Wildman–Crippen MR) is 66.9 cm³/mol. The maximum atomic E-state index is 5.94. The smallest absolute Gasteiger partial charge is 0.150 e. The third kappa shape index (κ3) is 2.58. The average Bonchev–Trinajstić information content (AvgIpc) is 2.74. The fraction of sp³-hybridized carbons (Fsp3) is 0.273. The molecule has 1 unspecified atom stereocenters. The summed E-state index contributed by atoms with van der Waals surface area (Å²) in [4.78, 5) is 9.68. The van der Waals surface area contributed by atoms with Gasteiger partial charge in [0, 0.05) is 17.3 Å². The van der Waals surface area contributed by atoms with Gasteiger partial charge in [0.25, 0.3) is 0 Å². The standard InChI is InChI=1S/C11H12ClN3S/c1-2-13-10(8-4-5-9(12)16-8)11-14-6-3-7-15-11/h3-7,10,13H,2H2,1H3. The summed E-state index contributed by atoms with van der Waals surface area (Å²) in [5.74, 6) is 0.780. The van der Waals surface area contributed by atoms with E-state index in [-0.39, 0.29) is 6.04 Å². The second kappa shape index (κ2) is 5.39. The van der Waals surface area contributed by atoms with E-state index < -0.39 is 0 Å². The Morgan fingerprint density at radius 2 is 2.12 bits per heavy atom. The summed E-state index contributed by atoms with van der Waals surface area (Å²) in [6.07, 6.45) is 3.50. The molecule has 2 aromatic rings. The van der Waals surface area contributed by atoms with Crippen molar-refractivity contribution in [3.63, 3.8) is 0 Å². The van der Waals surface area contributed by atoms with Gasteiger partial charge in [-0.2, -0.15) is 0 Å². The van der Waals surface area contributed by atoms with E-state index in [1.54, 1.807) is 23.7 Å². The highest BCUT2D eigenvalue weighted by atomic mass is 35.5. The van der Waals surface area contributed by atoms with Crippen molar-refractivity contribution in [3.8, 4) is 0 Å². The van der Waals surface area contributed by atoms with Crippen LogP contribution < -0.4 is 5.32 Å². The Morgan fingerprint density at radius 1 is 1.38 bits per heavy atom. The molecular formula is C11H12ClN3S. The molecule has 0 bridgehead atoms. The number of halogens is 1. The molecular weight excluding hydrogens is 242 g/mol. The van der Waals surface area contributed by atoms with Crippen molar-refractivity contribution in [3.05, 3.63) is 45.6 Å². The van der Waals surface area contributed by atoms with Gasteiger partial charge in [0.05, 0.1) is 4.34 Å². The molecule has 0 aliphatic heterocycles. The van der Waals surface area contributed by atoms with E-state index in [9.17, 15) is 0 Å². The average molecular weight is 254 g/mol. The molecule has 2 rings (SSSR count). The van der Waals surface area contributed by atoms with Crippen molar-refractivity contribution in [2.75, 3.05) is 6.54 Å². The van der Waals surface area contributed by atoms with Crippen LogP contribution in [0, 0.1) is 0 Å². The maximum absolute atomic E-state index is 5.94. The Kier molecular flexibility index (Phi) is 3.88. The van der Waals surface area contributed by atoms with E-state index in [0.29, 0.717) is 0 Å². The van der Waals surface area contributed by atoms with Gasteiger partial charge in [0.2, 0.25) is 0 Å². The van der Waals surface area contributed by atoms with Gasteiger partial charge in [-0.05, 0) is 24.7 Å². The van der Waals surface area contributed by atoms with Crippen molar-refractivity contribution in [2.24, 2.45) is 0 Å². The first-order valence-electron chi connectivity index (χ1n) is 5.06. The Morgan fingerprint density at radius 3 is 2.69 bits per heavy atom. The number of hydrogen-bond acceptors (Lipinski definition) is 4. The molecule has 1 atom stereocenters. The number of hydrogen-bond donors (Lipinski definition) is 1. The number of aromatic nitrogens is 2. The zero-order valence-corrected chi connectivity index (χ0v) is 10.4. The van der Waals surface area contributed by atoms with Crippen molar-refractivity contribution >= 4 is 22.9 Å². The summed E-state index contributed by atoms with van der Waals surface area (Å²) in [7, 11) is 0. The fourth-order valence-electron chi connectivity index (χ4n) is 1.47. The molecule has 16 heavy (non-hydrogen) atoms. The van der Waals surface area contributed by atoms with Crippen LogP contribution in [0.4, 0.5) is 0 Å². The highest BCUT2D eigenvalue weighted by Crippen LogP contribution is 2.29. The van der Waals surface area contributed by atoms with E-state index in [1.807, 2.05) is 18.2 Å². The predicted octanol–water partition coefficient (Wildman–Crippen LogP) is 2.89. The molecule has 0 aliphatic rings. The van der Waals surface area contributed by atoms with Gasteiger partial charge in [-0.3, -0.25) is 0 Å². The molecule has 0 spiro atoms. The molecule has 84 valence electrons. The second-order valence-electron chi connectivity index (χ2n) is 3.24. The molecule has 1 N–H and O–H groups in total. The first-order chi connectivity index (χ1) is 7.81. The van der Waals surface area contributed by atoms with Crippen molar-refractivity contribution < 1.29 is 0 Å². The Labute approximate surface area is 104 Å². The van der Waals surface area contributed by atoms with Gasteiger partial charge in [0.15, 0.2) is 0 Å². The molecule has 0 saturated heterocycles. The molecule has 3 nitrogen and oxygen atoms in total. The molecule has 0 fully saturated rings. The van der Waals surface area contributed by atoms with Crippen LogP contribution in [0.3, 0.4) is 0 Å². The molecule has 0 aromatic carbocycles. The minimum atomic E-state index is 0.0312. The first kappa shape index (κ1) is 11.5. The zero-order valence-electron chi connectivity index (χ0n) is 8.85. The molecule has 0 aliphatic carbocycles. The minimum absolute atomic E-state index is 0.0312. The van der Waals surface area contributed by atoms with E-state index in [0.717, 1.165) is 21.6 Å². The number of thiophene rings is 1. The molecule has 0 amide bonds. The van der Waals surface area contributed by atoms with Crippen LogP contribution in [0.5, 0.6) is 0 Å². The zero-order chi connectivity index (χ0) is 11.4. The number of rotatable bonds is 4. The van der Waals surface area contributed by atoms with Gasteiger partial charge in [-0.1, -0.05) is 18.5 Å². The lowest BCUT2D eigenvalue weighted by Crippen LogP contribution is -2.23. The fourth-order valence-corrected chi connectivity index (χ4v) is 2.60. The van der Waals surface area contributed by atoms with E-state index in [1.165, 1.54) is 0 Å². The largest absolute Gasteiger partial charge is 0.303 e. The molecule has 0 saturated carbocycles. The first-order valence-corrected chi connectivity index (χ1v) is 6.26. The van der Waals surface area contributed by atoms with Crippen LogP contribution in [0.25, 0.3) is 0 Å². The van der Waals surface area contributed by atoms with Crippen molar-refractivity contribution in [1.82, 2.24) is 15.3 Å². The lowest BCUT2D eigenvalue weighted by atomic mass is 10.2. The minimum Gasteiger partial charge on any atom is -0.303 e. The lowest BCUT2D eigenvalue weighted by molar-refractivity contribution is 0.605. The summed E-state index contributed by atoms with van der Waals surface area (Å²) < 4.78 is 0.786. The van der Waals surface area contributed by atoms with E-state index in [2.05, 4.69) is 22.2 Å². The van der Waals surface area contributed by atoms with Gasteiger partial charge in [-0.25, -0.2) is 9.97 Å². The van der Waals surface area contributed by atoms with Crippen LogP contribution in [0.2, 0.25) is 4.34 Å². The monoisotopic (exact) mass is 253 g/mol. The van der Waals surface area contributed by atoms with E-state index >= 15 is 0 Å². The third-order valence-corrected chi connectivity index (χ3v) is 3.43. The second-order valence-corrected chi connectivity index (χ2v) is 4.99. The van der Waals surface area contributed by atoms with Crippen molar-refractivity contribution in [1.29, 1.82) is 0 Å². The van der Waals surface area contributed by atoms with Gasteiger partial charge in [0.1, 0.15) is 11.9 Å². The Hall–Kier alpha value is -0.970. The molecule has 0 radical (unpaired) electrons. The summed E-state index contributed by atoms with van der Waals surface area (Å²) in [6.45, 7) is 2.92. The number of nitrogens with one attached hydrogen (secondary N) is 1. The van der Waals surface area contributed by atoms with Crippen LogP contribution >= 0.6 is 22.9 Å². The van der Waals surface area contributed by atoms with Gasteiger partial charge < -0.3 is 5.32 Å². The summed E-state index contributed by atoms with van der Waals surface area (Å²) >= 11 is 7.50. The highest BCUT2D eigenvalue weighted by Gasteiger charge is 2.17. The van der Waals surface area contributed by atoms with Crippen LogP contribution in [0.1, 0.15) is 23.7 Å². The normalized spacial score (nSPS) is 12.6. The Balaban J connectivity index is 2.31. The van der Waals surface area contributed by atoms with Crippen LogP contribution in [-0.2, 0) is 0 Å². The maximum Gasteiger partial charge on any atom is 0.150 e.